The zero-order valence-corrected chi connectivity index (χ0v) is 11.4. The Morgan fingerprint density at radius 3 is 2.85 bits per heavy atom. The van der Waals surface area contributed by atoms with Gasteiger partial charge in [-0.25, -0.2) is 4.39 Å². The topological polar surface area (TPSA) is 38.5 Å². The lowest BCUT2D eigenvalue weighted by Crippen LogP contribution is -2.21. The van der Waals surface area contributed by atoms with Gasteiger partial charge in [0, 0.05) is 18.7 Å². The Morgan fingerprint density at radius 1 is 1.25 bits per heavy atom. The molecule has 0 spiro atoms. The van der Waals surface area contributed by atoms with Crippen LogP contribution in [-0.4, -0.2) is 13.7 Å². The maximum absolute atomic E-state index is 14.2. The molecule has 0 fully saturated rings. The minimum atomic E-state index is -0.294. The molecular weight excluding hydrogens is 255 g/mol. The van der Waals surface area contributed by atoms with Crippen LogP contribution in [-0.2, 0) is 13.0 Å². The summed E-state index contributed by atoms with van der Waals surface area (Å²) in [6, 6.07) is 11.2. The van der Waals surface area contributed by atoms with Gasteiger partial charge in [-0.15, -0.1) is 0 Å². The summed E-state index contributed by atoms with van der Waals surface area (Å²) in [6.45, 7) is 1.37. The summed E-state index contributed by atoms with van der Waals surface area (Å²) in [5.74, 6) is -0.0130. The van der Waals surface area contributed by atoms with Crippen LogP contribution in [0.4, 0.5) is 15.8 Å². The van der Waals surface area contributed by atoms with Crippen LogP contribution in [0.5, 0.6) is 5.75 Å². The van der Waals surface area contributed by atoms with Crippen molar-refractivity contribution in [3.8, 4) is 5.75 Å². The van der Waals surface area contributed by atoms with Crippen LogP contribution in [0, 0.1) is 5.82 Å². The lowest BCUT2D eigenvalue weighted by molar-refractivity contribution is 0.384. The van der Waals surface area contributed by atoms with Crippen LogP contribution >= 0.6 is 0 Å². The Hall–Kier alpha value is -2.23. The molecule has 1 heterocycles. The number of methoxy groups -OCH3 is 1. The van der Waals surface area contributed by atoms with E-state index in [1.54, 1.807) is 12.1 Å². The molecule has 0 unspecified atom stereocenters. The first-order chi connectivity index (χ1) is 9.70. The summed E-state index contributed by atoms with van der Waals surface area (Å²) in [5, 5.41) is 0. The summed E-state index contributed by atoms with van der Waals surface area (Å²) in [7, 11) is 1.48. The van der Waals surface area contributed by atoms with Crippen molar-refractivity contribution in [2.24, 2.45) is 0 Å². The number of anilines is 2. The molecule has 0 saturated heterocycles. The smallest absolute Gasteiger partial charge is 0.170 e. The third kappa shape index (κ3) is 2.07. The number of benzene rings is 2. The molecule has 3 nitrogen and oxygen atoms in total. The number of fused-ring (bicyclic) bond motifs is 1. The first-order valence-corrected chi connectivity index (χ1v) is 6.64. The second kappa shape index (κ2) is 5.04. The van der Waals surface area contributed by atoms with Crippen molar-refractivity contribution in [1.29, 1.82) is 0 Å². The first kappa shape index (κ1) is 12.8. The fourth-order valence-corrected chi connectivity index (χ4v) is 2.77. The van der Waals surface area contributed by atoms with Crippen molar-refractivity contribution in [3.63, 3.8) is 0 Å². The van der Waals surface area contributed by atoms with E-state index in [1.807, 2.05) is 18.2 Å². The number of ether oxygens (including phenoxy) is 1. The average Bonchev–Trinajstić information content (AvgIpc) is 2.86. The molecule has 3 rings (SSSR count). The molecule has 0 saturated carbocycles. The van der Waals surface area contributed by atoms with Crippen LogP contribution in [0.25, 0.3) is 0 Å². The Bertz CT molecular complexity index is 642. The van der Waals surface area contributed by atoms with Crippen molar-refractivity contribution in [2.75, 3.05) is 24.3 Å². The number of nitrogens with two attached hydrogens (primary N) is 1. The highest BCUT2D eigenvalue weighted by Crippen LogP contribution is 2.35. The molecule has 1 aliphatic heterocycles. The number of hydrogen-bond acceptors (Lipinski definition) is 3. The molecular formula is C16H17FN2O. The highest BCUT2D eigenvalue weighted by Gasteiger charge is 2.22. The highest BCUT2D eigenvalue weighted by atomic mass is 19.1. The van der Waals surface area contributed by atoms with E-state index in [2.05, 4.69) is 11.0 Å². The molecule has 20 heavy (non-hydrogen) atoms. The van der Waals surface area contributed by atoms with E-state index in [-0.39, 0.29) is 11.6 Å². The fourth-order valence-electron chi connectivity index (χ4n) is 2.77. The summed E-state index contributed by atoms with van der Waals surface area (Å²) in [6.07, 6.45) is 0.950. The standard InChI is InChI=1S/C16H17FN2O/c1-20-14-7-3-5-12(15(14)17)10-19-9-8-11-4-2-6-13(18)16(11)19/h2-7H,8-10,18H2,1H3. The molecule has 4 heteroatoms. The summed E-state index contributed by atoms with van der Waals surface area (Å²) < 4.78 is 19.2. The zero-order chi connectivity index (χ0) is 14.1. The van der Waals surface area contributed by atoms with Crippen molar-refractivity contribution in [1.82, 2.24) is 0 Å². The Balaban J connectivity index is 1.92. The van der Waals surface area contributed by atoms with Gasteiger partial charge < -0.3 is 15.4 Å². The number of nitrogens with zero attached hydrogens (tertiary/aromatic N) is 1. The quantitative estimate of drug-likeness (QED) is 0.873. The fraction of sp³-hybridized carbons (Fsp3) is 0.250. The van der Waals surface area contributed by atoms with Crippen molar-refractivity contribution in [3.05, 3.63) is 53.3 Å². The van der Waals surface area contributed by atoms with Gasteiger partial charge in [0.25, 0.3) is 0 Å². The van der Waals surface area contributed by atoms with Crippen LogP contribution in [0.2, 0.25) is 0 Å². The predicted molar refractivity (Wildman–Crippen MR) is 78.6 cm³/mol. The van der Waals surface area contributed by atoms with Gasteiger partial charge in [-0.1, -0.05) is 24.3 Å². The number of para-hydroxylation sites is 1. The molecule has 2 aromatic carbocycles. The van der Waals surface area contributed by atoms with E-state index in [9.17, 15) is 4.39 Å². The number of hydrogen-bond donors (Lipinski definition) is 1. The molecule has 0 radical (unpaired) electrons. The van der Waals surface area contributed by atoms with Gasteiger partial charge in [-0.2, -0.15) is 0 Å². The molecule has 2 N–H and O–H groups in total. The third-order valence-corrected chi connectivity index (χ3v) is 3.74. The van der Waals surface area contributed by atoms with E-state index in [0.717, 1.165) is 24.3 Å². The highest BCUT2D eigenvalue weighted by molar-refractivity contribution is 5.74. The Morgan fingerprint density at radius 2 is 2.05 bits per heavy atom. The van der Waals surface area contributed by atoms with Gasteiger partial charge in [0.05, 0.1) is 18.5 Å². The van der Waals surface area contributed by atoms with E-state index < -0.39 is 0 Å². The molecule has 0 bridgehead atoms. The molecule has 0 aromatic heterocycles. The first-order valence-electron chi connectivity index (χ1n) is 6.64. The maximum Gasteiger partial charge on any atom is 0.170 e. The van der Waals surface area contributed by atoms with Gasteiger partial charge in [0.2, 0.25) is 0 Å². The zero-order valence-electron chi connectivity index (χ0n) is 11.4. The molecule has 2 aromatic rings. The van der Waals surface area contributed by atoms with E-state index >= 15 is 0 Å². The Kier molecular flexibility index (Phi) is 3.22. The lowest BCUT2D eigenvalue weighted by atomic mass is 10.1. The predicted octanol–water partition coefficient (Wildman–Crippen LogP) is 2.98. The average molecular weight is 272 g/mol. The van der Waals surface area contributed by atoms with Crippen molar-refractivity contribution >= 4 is 11.4 Å². The SMILES string of the molecule is COc1cccc(CN2CCc3cccc(N)c32)c1F. The normalized spacial score (nSPS) is 13.4. The monoisotopic (exact) mass is 272 g/mol. The van der Waals surface area contributed by atoms with E-state index in [1.165, 1.54) is 12.7 Å². The third-order valence-electron chi connectivity index (χ3n) is 3.74. The van der Waals surface area contributed by atoms with Gasteiger partial charge in [0.1, 0.15) is 0 Å². The summed E-state index contributed by atoms with van der Waals surface area (Å²) in [5.41, 5.74) is 9.70. The van der Waals surface area contributed by atoms with Gasteiger partial charge in [0.15, 0.2) is 11.6 Å². The van der Waals surface area contributed by atoms with Crippen LogP contribution < -0.4 is 15.4 Å². The minimum absolute atomic E-state index is 0.281. The Labute approximate surface area is 117 Å². The van der Waals surface area contributed by atoms with Gasteiger partial charge in [-0.05, 0) is 24.1 Å². The van der Waals surface area contributed by atoms with Gasteiger partial charge in [-0.3, -0.25) is 0 Å². The van der Waals surface area contributed by atoms with Crippen molar-refractivity contribution in [2.45, 2.75) is 13.0 Å². The van der Waals surface area contributed by atoms with Crippen LogP contribution in [0.3, 0.4) is 0 Å². The van der Waals surface area contributed by atoms with Crippen LogP contribution in [0.15, 0.2) is 36.4 Å². The van der Waals surface area contributed by atoms with Crippen molar-refractivity contribution < 1.29 is 9.13 Å². The van der Waals surface area contributed by atoms with E-state index in [0.29, 0.717) is 12.1 Å². The summed E-state index contributed by atoms with van der Waals surface area (Å²) >= 11 is 0. The van der Waals surface area contributed by atoms with Gasteiger partial charge >= 0.3 is 0 Å². The van der Waals surface area contributed by atoms with E-state index in [4.69, 9.17) is 10.5 Å². The molecule has 0 amide bonds. The number of halogens is 1. The minimum Gasteiger partial charge on any atom is -0.494 e. The molecule has 0 aliphatic carbocycles. The second-order valence-corrected chi connectivity index (χ2v) is 4.96. The molecule has 0 atom stereocenters. The number of nitrogen functional groups attached to an aromatic ring is 1. The molecule has 104 valence electrons. The largest absolute Gasteiger partial charge is 0.494 e. The maximum atomic E-state index is 14.2. The second-order valence-electron chi connectivity index (χ2n) is 4.96. The molecule has 1 aliphatic rings. The van der Waals surface area contributed by atoms with Crippen LogP contribution in [0.1, 0.15) is 11.1 Å². The summed E-state index contributed by atoms with van der Waals surface area (Å²) in [4.78, 5) is 2.13. The lowest BCUT2D eigenvalue weighted by Gasteiger charge is -2.21. The number of rotatable bonds is 3.